The maximum absolute atomic E-state index is 12.5. The van der Waals surface area contributed by atoms with Crippen LogP contribution in [0.25, 0.3) is 16.8 Å². The SMILES string of the molecule is O=C([O-])Cc1ccc(N=C2NC(=O)C(=Cc3cc4ccccc4cc3OCC(=O)O)S2)cc1.[Na+]. The Hall–Kier alpha value is -3.11. The van der Waals surface area contributed by atoms with Gasteiger partial charge >= 0.3 is 35.5 Å². The van der Waals surface area contributed by atoms with Crippen molar-refractivity contribution >= 4 is 57.3 Å². The molecule has 0 atom stereocenters. The number of carboxylic acids is 2. The van der Waals surface area contributed by atoms with E-state index in [-0.39, 0.29) is 41.9 Å². The molecular weight excluding hydrogens is 467 g/mol. The molecule has 0 bridgehead atoms. The van der Waals surface area contributed by atoms with Gasteiger partial charge in [0.2, 0.25) is 0 Å². The molecule has 1 heterocycles. The van der Waals surface area contributed by atoms with Gasteiger partial charge in [0, 0.05) is 18.0 Å². The summed E-state index contributed by atoms with van der Waals surface area (Å²) in [7, 11) is 0. The molecule has 3 aromatic carbocycles. The minimum Gasteiger partial charge on any atom is -0.550 e. The van der Waals surface area contributed by atoms with Crippen molar-refractivity contribution in [3.05, 3.63) is 76.7 Å². The van der Waals surface area contributed by atoms with Gasteiger partial charge in [-0.2, -0.15) is 0 Å². The van der Waals surface area contributed by atoms with Crippen LogP contribution in [0.5, 0.6) is 5.75 Å². The number of aliphatic carboxylic acids is 2. The van der Waals surface area contributed by atoms with Crippen molar-refractivity contribution in [3.8, 4) is 5.75 Å². The number of nitrogens with one attached hydrogen (secondary N) is 1. The van der Waals surface area contributed by atoms with Crippen molar-refractivity contribution in [1.29, 1.82) is 0 Å². The van der Waals surface area contributed by atoms with Crippen LogP contribution in [0.2, 0.25) is 0 Å². The molecule has 0 radical (unpaired) electrons. The molecule has 1 fully saturated rings. The molecule has 0 aliphatic carbocycles. The second kappa shape index (κ2) is 11.3. The zero-order valence-electron chi connectivity index (χ0n) is 18.1. The third-order valence-electron chi connectivity index (χ3n) is 4.68. The first-order valence-electron chi connectivity index (χ1n) is 9.83. The number of carbonyl (C=O) groups excluding carboxylic acids is 2. The summed E-state index contributed by atoms with van der Waals surface area (Å²) in [5.41, 5.74) is 1.71. The molecule has 1 aliphatic heterocycles. The molecule has 0 spiro atoms. The topological polar surface area (TPSA) is 128 Å². The average molecular weight is 484 g/mol. The van der Waals surface area contributed by atoms with Crippen molar-refractivity contribution in [3.63, 3.8) is 0 Å². The fourth-order valence-corrected chi connectivity index (χ4v) is 4.04. The number of carbonyl (C=O) groups is 3. The number of amidine groups is 1. The Morgan fingerprint density at radius 1 is 1.09 bits per heavy atom. The molecule has 1 amide bonds. The van der Waals surface area contributed by atoms with Crippen molar-refractivity contribution in [1.82, 2.24) is 5.32 Å². The molecule has 0 saturated carbocycles. The van der Waals surface area contributed by atoms with Gasteiger partial charge in [0.1, 0.15) is 5.75 Å². The summed E-state index contributed by atoms with van der Waals surface area (Å²) in [6.45, 7) is -0.505. The van der Waals surface area contributed by atoms with Crippen LogP contribution in [0, 0.1) is 0 Å². The zero-order chi connectivity index (χ0) is 23.4. The maximum atomic E-state index is 12.5. The summed E-state index contributed by atoms with van der Waals surface area (Å²) < 4.78 is 5.45. The fourth-order valence-electron chi connectivity index (χ4n) is 3.21. The minimum absolute atomic E-state index is 0. The summed E-state index contributed by atoms with van der Waals surface area (Å²) >= 11 is 1.14. The number of hydrogen-bond acceptors (Lipinski definition) is 7. The number of rotatable bonds is 7. The summed E-state index contributed by atoms with van der Waals surface area (Å²) in [6, 6.07) is 17.7. The largest absolute Gasteiger partial charge is 1.00 e. The zero-order valence-corrected chi connectivity index (χ0v) is 20.9. The van der Waals surface area contributed by atoms with Crippen LogP contribution in [0.4, 0.5) is 5.69 Å². The predicted molar refractivity (Wildman–Crippen MR) is 123 cm³/mol. The molecule has 1 saturated heterocycles. The maximum Gasteiger partial charge on any atom is 1.00 e. The first-order valence-corrected chi connectivity index (χ1v) is 10.6. The van der Waals surface area contributed by atoms with Gasteiger partial charge in [-0.25, -0.2) is 9.79 Å². The third-order valence-corrected chi connectivity index (χ3v) is 5.59. The van der Waals surface area contributed by atoms with Crippen LogP contribution < -0.4 is 44.7 Å². The molecule has 10 heteroatoms. The number of ether oxygens (including phenoxy) is 1. The van der Waals surface area contributed by atoms with E-state index in [4.69, 9.17) is 9.84 Å². The van der Waals surface area contributed by atoms with Gasteiger partial charge in [0.05, 0.1) is 10.6 Å². The van der Waals surface area contributed by atoms with Crippen molar-refractivity contribution in [2.24, 2.45) is 4.99 Å². The normalized spacial score (nSPS) is 15.2. The van der Waals surface area contributed by atoms with E-state index < -0.39 is 18.5 Å². The van der Waals surface area contributed by atoms with Gasteiger partial charge in [0.15, 0.2) is 11.8 Å². The van der Waals surface area contributed by atoms with Gasteiger partial charge in [-0.1, -0.05) is 36.4 Å². The van der Waals surface area contributed by atoms with E-state index in [2.05, 4.69) is 10.3 Å². The van der Waals surface area contributed by atoms with Gasteiger partial charge in [-0.05, 0) is 58.4 Å². The van der Waals surface area contributed by atoms with Gasteiger partial charge in [-0.15, -0.1) is 0 Å². The number of hydrogen-bond donors (Lipinski definition) is 2. The van der Waals surface area contributed by atoms with E-state index in [1.54, 1.807) is 36.4 Å². The monoisotopic (exact) mass is 484 g/mol. The number of thioether (sulfide) groups is 1. The number of aliphatic imine (C=N–C) groups is 1. The Balaban J connectivity index is 0.00000324. The Bertz CT molecular complexity index is 1320. The van der Waals surface area contributed by atoms with E-state index >= 15 is 0 Å². The Labute approximate surface area is 221 Å². The van der Waals surface area contributed by atoms with Crippen molar-refractivity contribution in [2.75, 3.05) is 6.61 Å². The second-order valence-corrected chi connectivity index (χ2v) is 8.15. The van der Waals surface area contributed by atoms with Gasteiger partial charge in [-0.3, -0.25) is 4.79 Å². The summed E-state index contributed by atoms with van der Waals surface area (Å²) in [5.74, 6) is -2.26. The van der Waals surface area contributed by atoms with E-state index in [9.17, 15) is 19.5 Å². The number of fused-ring (bicyclic) bond motifs is 1. The minimum atomic E-state index is -1.16. The Morgan fingerprint density at radius 3 is 2.41 bits per heavy atom. The Kier molecular flexibility index (Phi) is 8.51. The van der Waals surface area contributed by atoms with Crippen molar-refractivity contribution < 1.29 is 58.9 Å². The van der Waals surface area contributed by atoms with Crippen LogP contribution in [0.1, 0.15) is 11.1 Å². The standard InChI is InChI=1S/C24H18N2O6S.Na/c27-21(28)9-14-5-7-18(8-6-14)25-24-26-23(31)20(33-24)12-17-10-15-3-1-2-4-16(15)11-19(17)32-13-22(29)30;/h1-8,10-12H,9,13H2,(H,27,28)(H,29,30)(H,25,26,31);/q;+1/p-1. The summed E-state index contributed by atoms with van der Waals surface area (Å²) in [5, 5.41) is 24.5. The average Bonchev–Trinajstić information content (AvgIpc) is 3.11. The molecule has 0 unspecified atom stereocenters. The Morgan fingerprint density at radius 2 is 1.76 bits per heavy atom. The molecule has 2 N–H and O–H groups in total. The smallest absolute Gasteiger partial charge is 0.550 e. The fraction of sp³-hybridized carbons (Fsp3) is 0.0833. The van der Waals surface area contributed by atoms with Crippen LogP contribution in [0.3, 0.4) is 0 Å². The van der Waals surface area contributed by atoms with Gasteiger partial charge < -0.3 is 25.1 Å². The predicted octanol–water partition coefficient (Wildman–Crippen LogP) is -0.509. The molecule has 166 valence electrons. The van der Waals surface area contributed by atoms with E-state index in [1.807, 2.05) is 30.3 Å². The molecule has 3 aromatic rings. The quantitative estimate of drug-likeness (QED) is 0.342. The van der Waals surface area contributed by atoms with Crippen LogP contribution in [-0.2, 0) is 20.8 Å². The molecular formula is C24H17N2NaO6S. The number of benzene rings is 3. The molecule has 0 aromatic heterocycles. The number of nitrogens with zero attached hydrogens (tertiary/aromatic N) is 1. The molecule has 34 heavy (non-hydrogen) atoms. The molecule has 1 aliphatic rings. The van der Waals surface area contributed by atoms with Crippen LogP contribution >= 0.6 is 11.8 Å². The van der Waals surface area contributed by atoms with Crippen LogP contribution in [-0.4, -0.2) is 34.7 Å². The molecule has 8 nitrogen and oxygen atoms in total. The number of carboxylic acid groups (broad SMARTS) is 2. The number of amides is 1. The van der Waals surface area contributed by atoms with E-state index in [1.165, 1.54) is 0 Å². The van der Waals surface area contributed by atoms with E-state index in [0.29, 0.717) is 32.6 Å². The first kappa shape index (κ1) is 25.5. The van der Waals surface area contributed by atoms with E-state index in [0.717, 1.165) is 22.5 Å². The second-order valence-electron chi connectivity index (χ2n) is 7.12. The van der Waals surface area contributed by atoms with Crippen molar-refractivity contribution in [2.45, 2.75) is 6.42 Å². The van der Waals surface area contributed by atoms with Gasteiger partial charge in [0.25, 0.3) is 5.91 Å². The van der Waals surface area contributed by atoms with Crippen LogP contribution in [0.15, 0.2) is 70.6 Å². The molecule has 4 rings (SSSR count). The summed E-state index contributed by atoms with van der Waals surface area (Å²) in [6.07, 6.45) is 1.45. The third kappa shape index (κ3) is 6.48. The summed E-state index contributed by atoms with van der Waals surface area (Å²) in [4.78, 5) is 38.9. The first-order chi connectivity index (χ1) is 15.9.